The summed E-state index contributed by atoms with van der Waals surface area (Å²) in [6, 6.07) is 4.09. The summed E-state index contributed by atoms with van der Waals surface area (Å²) in [5.74, 6) is 5.57. The van der Waals surface area contributed by atoms with Crippen molar-refractivity contribution in [2.24, 2.45) is 5.84 Å². The summed E-state index contributed by atoms with van der Waals surface area (Å²) in [4.78, 5) is 9.48. The van der Waals surface area contributed by atoms with E-state index in [1.165, 1.54) is 0 Å². The minimum Gasteiger partial charge on any atom is -0.271 e. The Morgan fingerprint density at radius 1 is 1.50 bits per heavy atom. The number of aromatic nitrogens is 2. The van der Waals surface area contributed by atoms with Crippen molar-refractivity contribution in [1.29, 1.82) is 0 Å². The molecule has 3 N–H and O–H groups in total. The Morgan fingerprint density at radius 2 is 2.38 bits per heavy atom. The second-order valence-corrected chi connectivity index (χ2v) is 4.83. The highest BCUT2D eigenvalue weighted by atomic mass is 32.1. The number of rotatable bonds is 4. The third-order valence-electron chi connectivity index (χ3n) is 2.35. The van der Waals surface area contributed by atoms with Crippen molar-refractivity contribution in [3.8, 4) is 0 Å². The van der Waals surface area contributed by atoms with Gasteiger partial charge in [0.2, 0.25) is 0 Å². The van der Waals surface area contributed by atoms with E-state index in [9.17, 15) is 0 Å². The Labute approximate surface area is 98.5 Å². The number of hydrazine groups is 1. The highest BCUT2D eigenvalue weighted by Gasteiger charge is 2.13. The zero-order valence-corrected chi connectivity index (χ0v) is 9.87. The van der Waals surface area contributed by atoms with Gasteiger partial charge in [-0.15, -0.1) is 11.3 Å². The molecule has 1 unspecified atom stereocenters. The molecule has 0 aliphatic heterocycles. The summed E-state index contributed by atoms with van der Waals surface area (Å²) in [5.41, 5.74) is 3.99. The van der Waals surface area contributed by atoms with E-state index in [1.54, 1.807) is 17.5 Å². The number of aryl methyl sites for hydroxylation is 1. The summed E-state index contributed by atoms with van der Waals surface area (Å²) in [5, 5.41) is 1.06. The van der Waals surface area contributed by atoms with Crippen LogP contribution in [-0.4, -0.2) is 9.97 Å². The molecule has 4 nitrogen and oxygen atoms in total. The average Bonchev–Trinajstić information content (AvgIpc) is 2.74. The van der Waals surface area contributed by atoms with E-state index in [4.69, 9.17) is 5.84 Å². The van der Waals surface area contributed by atoms with Gasteiger partial charge in [0.25, 0.3) is 0 Å². The number of nitrogens with one attached hydrogen (secondary N) is 1. The van der Waals surface area contributed by atoms with Crippen LogP contribution in [0.15, 0.2) is 30.7 Å². The van der Waals surface area contributed by atoms with Crippen molar-refractivity contribution in [2.45, 2.75) is 19.4 Å². The van der Waals surface area contributed by atoms with E-state index < -0.39 is 0 Å². The summed E-state index contributed by atoms with van der Waals surface area (Å²) < 4.78 is 0. The predicted molar refractivity (Wildman–Crippen MR) is 64.9 cm³/mol. The topological polar surface area (TPSA) is 63.8 Å². The largest absolute Gasteiger partial charge is 0.271 e. The van der Waals surface area contributed by atoms with Crippen LogP contribution in [-0.2, 0) is 6.42 Å². The van der Waals surface area contributed by atoms with Crippen LogP contribution >= 0.6 is 11.3 Å². The Balaban J connectivity index is 2.12. The Kier molecular flexibility index (Phi) is 3.61. The average molecular weight is 234 g/mol. The maximum absolute atomic E-state index is 5.57. The van der Waals surface area contributed by atoms with Gasteiger partial charge in [0.1, 0.15) is 0 Å². The van der Waals surface area contributed by atoms with E-state index >= 15 is 0 Å². The Hall–Kier alpha value is -1.30. The molecule has 2 rings (SSSR count). The van der Waals surface area contributed by atoms with Crippen molar-refractivity contribution in [1.82, 2.24) is 15.4 Å². The lowest BCUT2D eigenvalue weighted by atomic mass is 10.1. The number of pyridine rings is 1. The zero-order chi connectivity index (χ0) is 11.4. The van der Waals surface area contributed by atoms with Gasteiger partial charge in [-0.2, -0.15) is 0 Å². The molecular formula is C11H14N4S. The van der Waals surface area contributed by atoms with Crippen LogP contribution in [0.5, 0.6) is 0 Å². The number of hydrogen-bond donors (Lipinski definition) is 2. The molecule has 0 saturated heterocycles. The van der Waals surface area contributed by atoms with Crippen LogP contribution in [0.3, 0.4) is 0 Å². The number of hydrogen-bond acceptors (Lipinski definition) is 5. The van der Waals surface area contributed by atoms with Crippen molar-refractivity contribution in [3.63, 3.8) is 0 Å². The molecule has 0 spiro atoms. The fourth-order valence-electron chi connectivity index (χ4n) is 1.54. The third kappa shape index (κ3) is 2.63. The van der Waals surface area contributed by atoms with Crippen molar-refractivity contribution in [2.75, 3.05) is 0 Å². The predicted octanol–water partition coefficient (Wildman–Crippen LogP) is 1.59. The van der Waals surface area contributed by atoms with Gasteiger partial charge in [-0.3, -0.25) is 16.3 Å². The maximum Gasteiger partial charge on any atom is 0.0897 e. The van der Waals surface area contributed by atoms with E-state index in [0.717, 1.165) is 21.9 Å². The fraction of sp³-hybridized carbons (Fsp3) is 0.273. The second kappa shape index (κ2) is 5.16. The molecule has 5 heteroatoms. The summed E-state index contributed by atoms with van der Waals surface area (Å²) in [7, 11) is 0. The summed E-state index contributed by atoms with van der Waals surface area (Å²) in [6.45, 7) is 1.99. The molecule has 2 aromatic rings. The molecule has 0 aromatic carbocycles. The van der Waals surface area contributed by atoms with E-state index in [1.807, 2.05) is 31.5 Å². The van der Waals surface area contributed by atoms with E-state index in [0.29, 0.717) is 0 Å². The van der Waals surface area contributed by atoms with Crippen molar-refractivity contribution >= 4 is 11.3 Å². The first kappa shape index (κ1) is 11.2. The maximum atomic E-state index is 5.57. The van der Waals surface area contributed by atoms with Gasteiger partial charge in [-0.1, -0.05) is 6.07 Å². The molecular weight excluding hydrogens is 220 g/mol. The van der Waals surface area contributed by atoms with Crippen LogP contribution in [0.1, 0.15) is 21.5 Å². The minimum absolute atomic E-state index is 0.107. The van der Waals surface area contributed by atoms with Crippen LogP contribution < -0.4 is 11.3 Å². The highest BCUT2D eigenvalue weighted by Crippen LogP contribution is 2.22. The fourth-order valence-corrected chi connectivity index (χ4v) is 2.38. The second-order valence-electron chi connectivity index (χ2n) is 3.57. The summed E-state index contributed by atoms with van der Waals surface area (Å²) in [6.07, 6.45) is 6.33. The molecule has 1 atom stereocenters. The molecule has 0 amide bonds. The number of nitrogens with two attached hydrogens (primary N) is 1. The smallest absolute Gasteiger partial charge is 0.0897 e. The van der Waals surface area contributed by atoms with Gasteiger partial charge in [-0.25, -0.2) is 4.98 Å². The molecule has 0 aliphatic rings. The Morgan fingerprint density at radius 3 is 2.94 bits per heavy atom. The molecule has 2 heterocycles. The third-order valence-corrected chi connectivity index (χ3v) is 3.37. The summed E-state index contributed by atoms with van der Waals surface area (Å²) >= 11 is 1.67. The zero-order valence-electron chi connectivity index (χ0n) is 9.05. The molecule has 2 aromatic heterocycles. The van der Waals surface area contributed by atoms with Gasteiger partial charge in [-0.05, 0) is 25.0 Å². The molecule has 16 heavy (non-hydrogen) atoms. The molecule has 0 aliphatic carbocycles. The molecule has 0 bridgehead atoms. The van der Waals surface area contributed by atoms with E-state index in [2.05, 4.69) is 15.4 Å². The van der Waals surface area contributed by atoms with Crippen molar-refractivity contribution in [3.05, 3.63) is 46.2 Å². The highest BCUT2D eigenvalue weighted by molar-refractivity contribution is 7.11. The molecule has 84 valence electrons. The molecule has 0 saturated carbocycles. The monoisotopic (exact) mass is 234 g/mol. The van der Waals surface area contributed by atoms with Crippen molar-refractivity contribution < 1.29 is 0 Å². The standard InChI is InChI=1S/C11H14N4S/c1-8-14-7-11(16-8)10(15-12)5-9-3-2-4-13-6-9/h2-4,6-7,10,15H,5,12H2,1H3. The van der Waals surface area contributed by atoms with Gasteiger partial charge in [0.05, 0.1) is 11.0 Å². The van der Waals surface area contributed by atoms with Crippen LogP contribution in [0, 0.1) is 6.92 Å². The minimum atomic E-state index is 0.107. The number of nitrogens with zero attached hydrogens (tertiary/aromatic N) is 2. The Bertz CT molecular complexity index is 440. The SMILES string of the molecule is Cc1ncc(C(Cc2cccnc2)NN)s1. The first-order chi connectivity index (χ1) is 7.79. The van der Waals surface area contributed by atoms with Crippen LogP contribution in [0.4, 0.5) is 0 Å². The van der Waals surface area contributed by atoms with Gasteiger partial charge >= 0.3 is 0 Å². The lowest BCUT2D eigenvalue weighted by Crippen LogP contribution is -2.29. The van der Waals surface area contributed by atoms with Crippen LogP contribution in [0.2, 0.25) is 0 Å². The lowest BCUT2D eigenvalue weighted by Gasteiger charge is -2.13. The number of thiazole rings is 1. The van der Waals surface area contributed by atoms with Gasteiger partial charge in [0.15, 0.2) is 0 Å². The van der Waals surface area contributed by atoms with Gasteiger partial charge < -0.3 is 0 Å². The van der Waals surface area contributed by atoms with Gasteiger partial charge in [0, 0.05) is 23.5 Å². The normalized spacial score (nSPS) is 12.6. The first-order valence-electron chi connectivity index (χ1n) is 5.07. The van der Waals surface area contributed by atoms with Crippen LogP contribution in [0.25, 0.3) is 0 Å². The quantitative estimate of drug-likeness (QED) is 0.623. The van der Waals surface area contributed by atoms with E-state index in [-0.39, 0.29) is 6.04 Å². The lowest BCUT2D eigenvalue weighted by molar-refractivity contribution is 0.559. The molecule has 0 fully saturated rings. The molecule has 0 radical (unpaired) electrons. The first-order valence-corrected chi connectivity index (χ1v) is 5.88.